The van der Waals surface area contributed by atoms with Crippen LogP contribution in [0.25, 0.3) is 5.82 Å². The molecule has 0 radical (unpaired) electrons. The van der Waals surface area contributed by atoms with Gasteiger partial charge in [0.05, 0.1) is 22.5 Å². The Morgan fingerprint density at radius 2 is 2.00 bits per heavy atom. The zero-order valence-corrected chi connectivity index (χ0v) is 12.6. The number of anilines is 1. The number of nitrogens with one attached hydrogen (secondary N) is 1. The van der Waals surface area contributed by atoms with Crippen LogP contribution in [0.1, 0.15) is 16.2 Å². The van der Waals surface area contributed by atoms with Gasteiger partial charge in [-0.05, 0) is 31.2 Å². The van der Waals surface area contributed by atoms with E-state index in [1.165, 1.54) is 0 Å². The van der Waals surface area contributed by atoms with Gasteiger partial charge in [-0.1, -0.05) is 23.7 Å². The molecule has 6 heteroatoms. The summed E-state index contributed by atoms with van der Waals surface area (Å²) in [7, 11) is 0. The van der Waals surface area contributed by atoms with E-state index in [0.717, 1.165) is 11.6 Å². The normalized spacial score (nSPS) is 10.5. The van der Waals surface area contributed by atoms with Gasteiger partial charge in [0.2, 0.25) is 0 Å². The first-order valence-corrected chi connectivity index (χ1v) is 7.05. The van der Waals surface area contributed by atoms with E-state index < -0.39 is 0 Å². The maximum absolute atomic E-state index is 12.2. The Bertz CT molecular complexity index is 811. The molecule has 1 aromatic carbocycles. The second kappa shape index (κ2) is 5.99. The quantitative estimate of drug-likeness (QED) is 0.805. The highest BCUT2D eigenvalue weighted by Gasteiger charge is 2.10. The molecule has 3 rings (SSSR count). The maximum atomic E-state index is 12.2. The topological polar surface area (TPSA) is 59.8 Å². The zero-order valence-electron chi connectivity index (χ0n) is 11.8. The highest BCUT2D eigenvalue weighted by Crippen LogP contribution is 2.17. The Hall–Kier alpha value is -2.66. The van der Waals surface area contributed by atoms with Gasteiger partial charge < -0.3 is 5.32 Å². The summed E-state index contributed by atoms with van der Waals surface area (Å²) in [5, 5.41) is 3.19. The predicted molar refractivity (Wildman–Crippen MR) is 85.5 cm³/mol. The van der Waals surface area contributed by atoms with E-state index in [-0.39, 0.29) is 5.91 Å². The van der Waals surface area contributed by atoms with Crippen molar-refractivity contribution in [1.82, 2.24) is 14.5 Å². The molecule has 22 heavy (non-hydrogen) atoms. The van der Waals surface area contributed by atoms with E-state index >= 15 is 0 Å². The summed E-state index contributed by atoms with van der Waals surface area (Å²) >= 11 is 6.01. The summed E-state index contributed by atoms with van der Waals surface area (Å²) < 4.78 is 1.86. The lowest BCUT2D eigenvalue weighted by Crippen LogP contribution is -2.12. The number of carbonyl (C=O) groups is 1. The Balaban J connectivity index is 1.78. The van der Waals surface area contributed by atoms with Gasteiger partial charge in [0.15, 0.2) is 0 Å². The molecule has 2 aromatic heterocycles. The fourth-order valence-electron chi connectivity index (χ4n) is 2.07. The van der Waals surface area contributed by atoms with Crippen molar-refractivity contribution in [3.8, 4) is 5.82 Å². The van der Waals surface area contributed by atoms with Gasteiger partial charge in [-0.15, -0.1) is 0 Å². The van der Waals surface area contributed by atoms with Crippen LogP contribution < -0.4 is 5.32 Å². The molecule has 0 saturated heterocycles. The van der Waals surface area contributed by atoms with Gasteiger partial charge in [0, 0.05) is 12.4 Å². The van der Waals surface area contributed by atoms with Crippen molar-refractivity contribution < 1.29 is 4.79 Å². The van der Waals surface area contributed by atoms with Crippen molar-refractivity contribution in [3.63, 3.8) is 0 Å². The highest BCUT2D eigenvalue weighted by atomic mass is 35.5. The summed E-state index contributed by atoms with van der Waals surface area (Å²) in [5.41, 5.74) is 1.03. The largest absolute Gasteiger partial charge is 0.321 e. The lowest BCUT2D eigenvalue weighted by molar-refractivity contribution is 0.102. The lowest BCUT2D eigenvalue weighted by atomic mass is 10.2. The standard InChI is InChI=1S/C16H13ClN4O/c1-11-18-8-9-21(11)15-7-6-12(10-19-15)20-16(22)13-4-2-3-5-14(13)17/h2-10H,1H3,(H,20,22). The van der Waals surface area contributed by atoms with Crippen LogP contribution in [-0.2, 0) is 0 Å². The number of hydrogen-bond donors (Lipinski definition) is 1. The third-order valence-electron chi connectivity index (χ3n) is 3.20. The molecule has 1 amide bonds. The average molecular weight is 313 g/mol. The Kier molecular flexibility index (Phi) is 3.89. The molecule has 5 nitrogen and oxygen atoms in total. The Morgan fingerprint density at radius 3 is 2.64 bits per heavy atom. The second-order valence-corrected chi connectivity index (χ2v) is 5.09. The number of hydrogen-bond acceptors (Lipinski definition) is 3. The van der Waals surface area contributed by atoms with Crippen LogP contribution in [0.15, 0.2) is 55.0 Å². The Morgan fingerprint density at radius 1 is 1.18 bits per heavy atom. The first-order valence-electron chi connectivity index (χ1n) is 6.67. The number of aromatic nitrogens is 3. The predicted octanol–water partition coefficient (Wildman–Crippen LogP) is 3.48. The minimum atomic E-state index is -0.265. The average Bonchev–Trinajstić information content (AvgIpc) is 2.94. The molecular weight excluding hydrogens is 300 g/mol. The van der Waals surface area contributed by atoms with Crippen molar-refractivity contribution >= 4 is 23.2 Å². The van der Waals surface area contributed by atoms with E-state index in [1.807, 2.05) is 23.8 Å². The van der Waals surface area contributed by atoms with E-state index in [1.54, 1.807) is 42.7 Å². The smallest absolute Gasteiger partial charge is 0.257 e. The van der Waals surface area contributed by atoms with Crippen LogP contribution in [0.4, 0.5) is 5.69 Å². The lowest BCUT2D eigenvalue weighted by Gasteiger charge is -2.08. The molecule has 0 spiro atoms. The van der Waals surface area contributed by atoms with Crippen LogP contribution in [0, 0.1) is 6.92 Å². The Labute approximate surface area is 132 Å². The molecule has 0 aliphatic heterocycles. The van der Waals surface area contributed by atoms with Gasteiger partial charge in [0.25, 0.3) is 5.91 Å². The van der Waals surface area contributed by atoms with Crippen LogP contribution >= 0.6 is 11.6 Å². The molecule has 0 bridgehead atoms. The van der Waals surface area contributed by atoms with Crippen LogP contribution in [0.3, 0.4) is 0 Å². The number of nitrogens with zero attached hydrogens (tertiary/aromatic N) is 3. The molecule has 0 aliphatic rings. The summed E-state index contributed by atoms with van der Waals surface area (Å²) in [6.45, 7) is 1.90. The van der Waals surface area contributed by atoms with Crippen molar-refractivity contribution in [2.45, 2.75) is 6.92 Å². The van der Waals surface area contributed by atoms with Gasteiger partial charge in [0.1, 0.15) is 11.6 Å². The molecule has 0 saturated carbocycles. The SMILES string of the molecule is Cc1nccn1-c1ccc(NC(=O)c2ccccc2Cl)cn1. The number of carbonyl (C=O) groups excluding carboxylic acids is 1. The van der Waals surface area contributed by atoms with Gasteiger partial charge in [-0.25, -0.2) is 9.97 Å². The van der Waals surface area contributed by atoms with E-state index in [2.05, 4.69) is 15.3 Å². The van der Waals surface area contributed by atoms with Crippen LogP contribution in [0.5, 0.6) is 0 Å². The number of amides is 1. The van der Waals surface area contributed by atoms with E-state index in [0.29, 0.717) is 16.3 Å². The number of benzene rings is 1. The summed E-state index contributed by atoms with van der Waals surface area (Å²) in [5.74, 6) is 1.32. The molecule has 0 unspecified atom stereocenters. The number of pyridine rings is 1. The number of imidazole rings is 1. The minimum Gasteiger partial charge on any atom is -0.321 e. The highest BCUT2D eigenvalue weighted by molar-refractivity contribution is 6.34. The van der Waals surface area contributed by atoms with Gasteiger partial charge in [-0.3, -0.25) is 9.36 Å². The van der Waals surface area contributed by atoms with Crippen LogP contribution in [0.2, 0.25) is 5.02 Å². The molecule has 0 aliphatic carbocycles. The monoisotopic (exact) mass is 312 g/mol. The first kappa shape index (κ1) is 14.3. The maximum Gasteiger partial charge on any atom is 0.257 e. The molecular formula is C16H13ClN4O. The van der Waals surface area contributed by atoms with Crippen molar-refractivity contribution in [1.29, 1.82) is 0 Å². The molecule has 1 N–H and O–H groups in total. The van der Waals surface area contributed by atoms with Crippen molar-refractivity contribution in [3.05, 3.63) is 71.4 Å². The molecule has 0 fully saturated rings. The number of rotatable bonds is 3. The van der Waals surface area contributed by atoms with Crippen LogP contribution in [-0.4, -0.2) is 20.4 Å². The third-order valence-corrected chi connectivity index (χ3v) is 3.53. The molecule has 2 heterocycles. The second-order valence-electron chi connectivity index (χ2n) is 4.68. The molecule has 3 aromatic rings. The van der Waals surface area contributed by atoms with Crippen molar-refractivity contribution in [2.24, 2.45) is 0 Å². The molecule has 0 atom stereocenters. The summed E-state index contributed by atoms with van der Waals surface area (Å²) in [6.07, 6.45) is 5.15. The van der Waals surface area contributed by atoms with Crippen molar-refractivity contribution in [2.75, 3.05) is 5.32 Å². The fourth-order valence-corrected chi connectivity index (χ4v) is 2.29. The fraction of sp³-hybridized carbons (Fsp3) is 0.0625. The molecule has 110 valence electrons. The van der Waals surface area contributed by atoms with Gasteiger partial charge in [-0.2, -0.15) is 0 Å². The van der Waals surface area contributed by atoms with E-state index in [9.17, 15) is 4.79 Å². The first-order chi connectivity index (χ1) is 10.6. The minimum absolute atomic E-state index is 0.265. The summed E-state index contributed by atoms with van der Waals surface area (Å²) in [4.78, 5) is 20.6. The number of aryl methyl sites for hydroxylation is 1. The third kappa shape index (κ3) is 2.84. The number of halogens is 1. The summed E-state index contributed by atoms with van der Waals surface area (Å²) in [6, 6.07) is 10.5. The van der Waals surface area contributed by atoms with E-state index in [4.69, 9.17) is 11.6 Å². The van der Waals surface area contributed by atoms with Gasteiger partial charge >= 0.3 is 0 Å². The zero-order chi connectivity index (χ0) is 15.5.